The molecule has 1 unspecified atom stereocenters. The minimum Gasteiger partial charge on any atom is -0.444 e. The van der Waals surface area contributed by atoms with E-state index in [1.54, 1.807) is 6.07 Å². The number of aromatic nitrogens is 2. The number of hydrogen-bond donors (Lipinski definition) is 1. The van der Waals surface area contributed by atoms with Gasteiger partial charge in [-0.2, -0.15) is 0 Å². The molecule has 1 atom stereocenters. The Hall–Kier alpha value is -2.11. The molecule has 1 aromatic carbocycles. The molecule has 1 aliphatic rings. The molecule has 0 spiro atoms. The van der Waals surface area contributed by atoms with Crippen molar-refractivity contribution in [1.82, 2.24) is 14.9 Å². The minimum absolute atomic E-state index is 0.279. The zero-order valence-corrected chi connectivity index (χ0v) is 13.9. The molecule has 1 aromatic heterocycles. The molecule has 1 N–H and O–H groups in total. The molecule has 3 rings (SSSR count). The lowest BCUT2D eigenvalue weighted by atomic mass is 10.2. The average Bonchev–Trinajstić information content (AvgIpc) is 3.17. The van der Waals surface area contributed by atoms with Crippen molar-refractivity contribution in [2.45, 2.75) is 58.2 Å². The van der Waals surface area contributed by atoms with Gasteiger partial charge in [0.15, 0.2) is 0 Å². The van der Waals surface area contributed by atoms with Crippen LogP contribution in [0.5, 0.6) is 0 Å². The summed E-state index contributed by atoms with van der Waals surface area (Å²) < 4.78 is 20.9. The van der Waals surface area contributed by atoms with E-state index in [9.17, 15) is 9.18 Å². The van der Waals surface area contributed by atoms with Gasteiger partial charge in [0.1, 0.15) is 17.2 Å². The molecular formula is C17H22FN3O2. The summed E-state index contributed by atoms with van der Waals surface area (Å²) in [6.07, 6.45) is 1.62. The number of carbonyl (C=O) groups excluding carboxylic acids is 1. The summed E-state index contributed by atoms with van der Waals surface area (Å²) in [6, 6.07) is 4.60. The molecule has 2 aromatic rings. The highest BCUT2D eigenvalue weighted by molar-refractivity contribution is 5.77. The van der Waals surface area contributed by atoms with Crippen LogP contribution in [0.2, 0.25) is 0 Å². The lowest BCUT2D eigenvalue weighted by Gasteiger charge is -2.22. The SMILES string of the molecule is CC(NC(=O)OC(C)(C)C)c1nc2ccc(F)cc2n1C1CC1. The van der Waals surface area contributed by atoms with Crippen molar-refractivity contribution in [3.05, 3.63) is 29.8 Å². The lowest BCUT2D eigenvalue weighted by Crippen LogP contribution is -2.34. The monoisotopic (exact) mass is 319 g/mol. The van der Waals surface area contributed by atoms with Crippen LogP contribution in [0, 0.1) is 5.82 Å². The van der Waals surface area contributed by atoms with Crippen molar-refractivity contribution < 1.29 is 13.9 Å². The third kappa shape index (κ3) is 3.46. The average molecular weight is 319 g/mol. The second-order valence-electron chi connectivity index (χ2n) is 7.07. The third-order valence-corrected chi connectivity index (χ3v) is 3.71. The molecule has 1 amide bonds. The Labute approximate surface area is 134 Å². The molecule has 1 heterocycles. The normalized spacial score (nSPS) is 16.4. The van der Waals surface area contributed by atoms with Crippen LogP contribution in [0.1, 0.15) is 58.4 Å². The number of fused-ring (bicyclic) bond motifs is 1. The lowest BCUT2D eigenvalue weighted by molar-refractivity contribution is 0.0505. The van der Waals surface area contributed by atoms with Gasteiger partial charge in [0.25, 0.3) is 0 Å². The highest BCUT2D eigenvalue weighted by atomic mass is 19.1. The summed E-state index contributed by atoms with van der Waals surface area (Å²) in [7, 11) is 0. The Kier molecular flexibility index (Phi) is 3.78. The highest BCUT2D eigenvalue weighted by Crippen LogP contribution is 2.40. The Morgan fingerprint density at radius 1 is 1.43 bits per heavy atom. The second-order valence-corrected chi connectivity index (χ2v) is 7.07. The number of imidazole rings is 1. The van der Waals surface area contributed by atoms with Gasteiger partial charge >= 0.3 is 6.09 Å². The Bertz CT molecular complexity index is 744. The highest BCUT2D eigenvalue weighted by Gasteiger charge is 2.31. The van der Waals surface area contributed by atoms with Gasteiger partial charge in [0.2, 0.25) is 0 Å². The first-order valence-corrected chi connectivity index (χ1v) is 7.91. The summed E-state index contributed by atoms with van der Waals surface area (Å²) in [4.78, 5) is 16.6. The molecule has 0 saturated heterocycles. The topological polar surface area (TPSA) is 56.1 Å². The van der Waals surface area contributed by atoms with E-state index < -0.39 is 11.7 Å². The molecular weight excluding hydrogens is 297 g/mol. The summed E-state index contributed by atoms with van der Waals surface area (Å²) in [6.45, 7) is 7.32. The van der Waals surface area contributed by atoms with Gasteiger partial charge in [-0.1, -0.05) is 0 Å². The van der Waals surface area contributed by atoms with Crippen molar-refractivity contribution >= 4 is 17.1 Å². The van der Waals surface area contributed by atoms with Crippen molar-refractivity contribution in [2.75, 3.05) is 0 Å². The minimum atomic E-state index is -0.552. The van der Waals surface area contributed by atoms with Crippen LogP contribution in [0.3, 0.4) is 0 Å². The van der Waals surface area contributed by atoms with Gasteiger partial charge < -0.3 is 14.6 Å². The maximum Gasteiger partial charge on any atom is 0.408 e. The summed E-state index contributed by atoms with van der Waals surface area (Å²) >= 11 is 0. The summed E-state index contributed by atoms with van der Waals surface area (Å²) in [5, 5.41) is 2.81. The summed E-state index contributed by atoms with van der Waals surface area (Å²) in [5.74, 6) is 0.456. The van der Waals surface area contributed by atoms with E-state index in [1.807, 2.05) is 32.3 Å². The predicted octanol–water partition coefficient (Wildman–Crippen LogP) is 4.10. The quantitative estimate of drug-likeness (QED) is 0.927. The van der Waals surface area contributed by atoms with Gasteiger partial charge in [0.05, 0.1) is 17.1 Å². The Morgan fingerprint density at radius 3 is 2.74 bits per heavy atom. The molecule has 0 bridgehead atoms. The third-order valence-electron chi connectivity index (χ3n) is 3.71. The van der Waals surface area contributed by atoms with Crippen LogP contribution >= 0.6 is 0 Å². The smallest absolute Gasteiger partial charge is 0.408 e. The number of alkyl carbamates (subject to hydrolysis) is 1. The zero-order chi connectivity index (χ0) is 16.8. The van der Waals surface area contributed by atoms with Crippen molar-refractivity contribution in [3.63, 3.8) is 0 Å². The maximum absolute atomic E-state index is 13.6. The fraction of sp³-hybridized carbons (Fsp3) is 0.529. The zero-order valence-electron chi connectivity index (χ0n) is 13.9. The van der Waals surface area contributed by atoms with E-state index in [0.717, 1.165) is 29.7 Å². The molecule has 0 aliphatic heterocycles. The number of amides is 1. The van der Waals surface area contributed by atoms with Gasteiger partial charge in [0, 0.05) is 6.04 Å². The molecule has 1 saturated carbocycles. The van der Waals surface area contributed by atoms with Crippen molar-refractivity contribution in [1.29, 1.82) is 0 Å². The maximum atomic E-state index is 13.6. The van der Waals surface area contributed by atoms with Crippen LogP contribution in [0.25, 0.3) is 11.0 Å². The van der Waals surface area contributed by atoms with E-state index in [-0.39, 0.29) is 11.9 Å². The van der Waals surface area contributed by atoms with E-state index in [2.05, 4.69) is 10.3 Å². The molecule has 5 nitrogen and oxygen atoms in total. The molecule has 23 heavy (non-hydrogen) atoms. The van der Waals surface area contributed by atoms with Crippen LogP contribution in [-0.2, 0) is 4.74 Å². The van der Waals surface area contributed by atoms with Crippen molar-refractivity contribution in [3.8, 4) is 0 Å². The van der Waals surface area contributed by atoms with Crippen LogP contribution in [0.15, 0.2) is 18.2 Å². The second kappa shape index (κ2) is 5.51. The fourth-order valence-electron chi connectivity index (χ4n) is 2.66. The van der Waals surface area contributed by atoms with E-state index in [4.69, 9.17) is 4.74 Å². The molecule has 1 aliphatic carbocycles. The number of halogens is 1. The number of benzene rings is 1. The van der Waals surface area contributed by atoms with Gasteiger partial charge in [-0.25, -0.2) is 14.2 Å². The predicted molar refractivity (Wildman–Crippen MR) is 85.7 cm³/mol. The first-order chi connectivity index (χ1) is 10.7. The molecule has 1 fully saturated rings. The van der Waals surface area contributed by atoms with Crippen LogP contribution in [-0.4, -0.2) is 21.2 Å². The largest absolute Gasteiger partial charge is 0.444 e. The molecule has 6 heteroatoms. The molecule has 124 valence electrons. The van der Waals surface area contributed by atoms with Crippen LogP contribution in [0.4, 0.5) is 9.18 Å². The molecule has 0 radical (unpaired) electrons. The van der Waals surface area contributed by atoms with E-state index in [0.29, 0.717) is 6.04 Å². The number of ether oxygens (including phenoxy) is 1. The number of hydrogen-bond acceptors (Lipinski definition) is 3. The van der Waals surface area contributed by atoms with E-state index >= 15 is 0 Å². The first kappa shape index (κ1) is 15.8. The number of carbonyl (C=O) groups is 1. The Morgan fingerprint density at radius 2 is 2.13 bits per heavy atom. The number of nitrogens with zero attached hydrogens (tertiary/aromatic N) is 2. The van der Waals surface area contributed by atoms with E-state index in [1.165, 1.54) is 12.1 Å². The van der Waals surface area contributed by atoms with Gasteiger partial charge in [-0.15, -0.1) is 0 Å². The first-order valence-electron chi connectivity index (χ1n) is 7.91. The summed E-state index contributed by atoms with van der Waals surface area (Å²) in [5.41, 5.74) is 0.968. The Balaban J connectivity index is 1.89. The fourth-order valence-corrected chi connectivity index (χ4v) is 2.66. The van der Waals surface area contributed by atoms with Crippen molar-refractivity contribution in [2.24, 2.45) is 0 Å². The van der Waals surface area contributed by atoms with Crippen LogP contribution < -0.4 is 5.32 Å². The van der Waals surface area contributed by atoms with Gasteiger partial charge in [-0.05, 0) is 58.7 Å². The number of rotatable bonds is 3. The number of nitrogens with one attached hydrogen (secondary N) is 1. The standard InChI is InChI=1S/C17H22FN3O2/c1-10(19-16(22)23-17(2,3)4)15-20-13-8-5-11(18)9-14(13)21(15)12-6-7-12/h5,8-10,12H,6-7H2,1-4H3,(H,19,22). The van der Waals surface area contributed by atoms with Gasteiger partial charge in [-0.3, -0.25) is 0 Å².